The van der Waals surface area contributed by atoms with Gasteiger partial charge in [0.2, 0.25) is 5.78 Å². The number of likely N-dealkylation sites (N-methyl/N-ethyl adjacent to an activating group) is 1. The van der Waals surface area contributed by atoms with Gasteiger partial charge >= 0.3 is 0 Å². The van der Waals surface area contributed by atoms with Crippen LogP contribution in [-0.4, -0.2) is 73.5 Å². The number of phenolic OH excluding ortho intramolecular Hbond substituents is 1. The largest absolute Gasteiger partial charge is 0.508 e. The topological polar surface area (TPSA) is 174 Å². The Morgan fingerprint density at radius 1 is 1.23 bits per heavy atom. The Kier molecular flexibility index (Phi) is 5.13. The maximum atomic E-state index is 14.0. The number of ketones is 2. The van der Waals surface area contributed by atoms with E-state index in [-0.39, 0.29) is 23.3 Å². The van der Waals surface area contributed by atoms with Gasteiger partial charge in [0.15, 0.2) is 11.4 Å². The number of fused-ring (bicyclic) bond motifs is 3. The van der Waals surface area contributed by atoms with Crippen LogP contribution in [0.5, 0.6) is 5.75 Å². The zero-order valence-corrected chi connectivity index (χ0v) is 19.6. The molecule has 35 heavy (non-hydrogen) atoms. The number of Topliss-reactive ketones (excluding diaryl/α,β-unsaturated/α-hetero) is 2. The molecule has 1 saturated carbocycles. The van der Waals surface area contributed by atoms with Gasteiger partial charge in [-0.2, -0.15) is 0 Å². The van der Waals surface area contributed by atoms with E-state index < -0.39 is 64.0 Å². The highest BCUT2D eigenvalue weighted by Crippen LogP contribution is 2.57. The third-order valence-corrected chi connectivity index (χ3v) is 8.18. The third kappa shape index (κ3) is 2.95. The number of hydrogen-bond donors (Lipinski definition) is 5. The van der Waals surface area contributed by atoms with Crippen LogP contribution in [0.25, 0.3) is 5.76 Å². The van der Waals surface area contributed by atoms with Gasteiger partial charge in [0.05, 0.1) is 11.6 Å². The number of aliphatic hydroxyl groups excluding tert-OH is 2. The van der Waals surface area contributed by atoms with Gasteiger partial charge in [-0.3, -0.25) is 19.3 Å². The molecule has 1 heterocycles. The van der Waals surface area contributed by atoms with Crippen LogP contribution in [0.3, 0.4) is 0 Å². The van der Waals surface area contributed by atoms with Crippen LogP contribution in [0, 0.1) is 11.8 Å². The van der Waals surface area contributed by atoms with Gasteiger partial charge in [-0.25, -0.2) is 4.98 Å². The molecule has 5 rings (SSSR count). The van der Waals surface area contributed by atoms with Crippen molar-refractivity contribution in [3.05, 3.63) is 62.8 Å². The Morgan fingerprint density at radius 2 is 1.94 bits per heavy atom. The van der Waals surface area contributed by atoms with Crippen molar-refractivity contribution < 1.29 is 34.8 Å². The van der Waals surface area contributed by atoms with E-state index in [9.17, 15) is 34.8 Å². The molecule has 1 aromatic carbocycles. The first-order valence-electron chi connectivity index (χ1n) is 10.9. The number of nitrogens with two attached hydrogens (primary N) is 1. The molecule has 11 heteroatoms. The SMILES string of the molecule is CN(C)C1C(=O)C(C(N)=O)=C(O)[C@@]2(O)C(=O)C3=C(O)c4c(O)cccc4[C@H](c4nccs4)C3CC12. The maximum Gasteiger partial charge on any atom is 0.255 e. The predicted molar refractivity (Wildman–Crippen MR) is 124 cm³/mol. The average molecular weight is 498 g/mol. The number of benzene rings is 1. The van der Waals surface area contributed by atoms with Gasteiger partial charge in [0, 0.05) is 34.9 Å². The Hall–Kier alpha value is -3.54. The molecule has 6 N–H and O–H groups in total. The summed E-state index contributed by atoms with van der Waals surface area (Å²) in [7, 11) is 3.12. The highest BCUT2D eigenvalue weighted by molar-refractivity contribution is 7.09. The number of phenols is 1. The lowest BCUT2D eigenvalue weighted by atomic mass is 9.55. The fourth-order valence-electron chi connectivity index (χ4n) is 5.92. The summed E-state index contributed by atoms with van der Waals surface area (Å²) in [5, 5.41) is 46.8. The number of carbonyl (C=O) groups excluding carboxylic acids is 3. The summed E-state index contributed by atoms with van der Waals surface area (Å²) in [6.07, 6.45) is 1.59. The van der Waals surface area contributed by atoms with E-state index in [4.69, 9.17) is 5.73 Å². The fraction of sp³-hybridized carbons (Fsp3) is 0.333. The summed E-state index contributed by atoms with van der Waals surface area (Å²) < 4.78 is 0. The third-order valence-electron chi connectivity index (χ3n) is 7.32. The van der Waals surface area contributed by atoms with Crippen LogP contribution < -0.4 is 5.73 Å². The number of primary amides is 1. The molecule has 1 amide bonds. The van der Waals surface area contributed by atoms with Crippen molar-refractivity contribution in [3.8, 4) is 5.75 Å². The molecule has 1 fully saturated rings. The Morgan fingerprint density at radius 3 is 2.54 bits per heavy atom. The monoisotopic (exact) mass is 497 g/mol. The smallest absolute Gasteiger partial charge is 0.255 e. The summed E-state index contributed by atoms with van der Waals surface area (Å²) in [5.74, 6) is -7.48. The van der Waals surface area contributed by atoms with Crippen LogP contribution in [-0.2, 0) is 14.4 Å². The zero-order valence-electron chi connectivity index (χ0n) is 18.8. The van der Waals surface area contributed by atoms with Crippen molar-refractivity contribution in [1.82, 2.24) is 9.88 Å². The highest BCUT2D eigenvalue weighted by Gasteiger charge is 2.65. The lowest BCUT2D eigenvalue weighted by Crippen LogP contribution is -2.66. The molecule has 0 aliphatic heterocycles. The summed E-state index contributed by atoms with van der Waals surface area (Å²) in [4.78, 5) is 45.1. The van der Waals surface area contributed by atoms with E-state index in [2.05, 4.69) is 4.98 Å². The Balaban J connectivity index is 1.82. The molecule has 0 bridgehead atoms. The molecule has 0 saturated heterocycles. The summed E-state index contributed by atoms with van der Waals surface area (Å²) in [5.41, 5.74) is 2.19. The van der Waals surface area contributed by atoms with E-state index in [1.54, 1.807) is 37.8 Å². The number of aliphatic hydroxyl groups is 3. The molecule has 182 valence electrons. The van der Waals surface area contributed by atoms with Crippen molar-refractivity contribution in [2.75, 3.05) is 14.1 Å². The van der Waals surface area contributed by atoms with E-state index >= 15 is 0 Å². The molecule has 1 aromatic heterocycles. The first-order valence-corrected chi connectivity index (χ1v) is 11.8. The number of thiazole rings is 1. The van der Waals surface area contributed by atoms with Crippen molar-refractivity contribution in [1.29, 1.82) is 0 Å². The van der Waals surface area contributed by atoms with E-state index in [1.807, 2.05) is 0 Å². The molecule has 3 unspecified atom stereocenters. The molecule has 2 aromatic rings. The minimum absolute atomic E-state index is 0.00827. The molecule has 0 spiro atoms. The van der Waals surface area contributed by atoms with Crippen molar-refractivity contribution >= 4 is 34.6 Å². The quantitative estimate of drug-likeness (QED) is 0.388. The summed E-state index contributed by atoms with van der Waals surface area (Å²) >= 11 is 1.33. The second-order valence-corrected chi connectivity index (χ2v) is 10.2. The molecule has 0 radical (unpaired) electrons. The number of rotatable bonds is 3. The van der Waals surface area contributed by atoms with Gasteiger partial charge < -0.3 is 26.2 Å². The van der Waals surface area contributed by atoms with Gasteiger partial charge in [-0.1, -0.05) is 12.1 Å². The number of nitrogens with zero attached hydrogens (tertiary/aromatic N) is 2. The molecular weight excluding hydrogens is 474 g/mol. The number of carbonyl (C=O) groups is 3. The van der Waals surface area contributed by atoms with Crippen LogP contribution in [0.4, 0.5) is 0 Å². The fourth-order valence-corrected chi connectivity index (χ4v) is 6.74. The first-order chi connectivity index (χ1) is 16.5. The zero-order chi connectivity index (χ0) is 25.4. The first kappa shape index (κ1) is 23.2. The number of amides is 1. The lowest BCUT2D eigenvalue weighted by molar-refractivity contribution is -0.154. The maximum absolute atomic E-state index is 14.0. The standard InChI is InChI=1S/C24H23N3O7S/c1-27(2)17-11-8-10-13(23-26-6-7-35-23)9-4-3-5-12(28)14(9)18(29)15(10)20(31)24(11,34)21(32)16(19(17)30)22(25)33/h3-7,10-11,13,17,28-29,32,34H,8H2,1-2H3,(H2,25,33)/t10?,11?,13-,17?,24-/m0/s1. The molecule has 3 aliphatic carbocycles. The van der Waals surface area contributed by atoms with E-state index in [0.29, 0.717) is 10.6 Å². The normalized spacial score (nSPS) is 30.3. The Labute approximate surface area is 203 Å². The van der Waals surface area contributed by atoms with Gasteiger partial charge in [-0.05, 0) is 32.1 Å². The molecule has 3 aliphatic rings. The number of aromatic hydroxyl groups is 1. The van der Waals surface area contributed by atoms with Gasteiger partial charge in [0.25, 0.3) is 5.91 Å². The molecular formula is C24H23N3O7S. The van der Waals surface area contributed by atoms with E-state index in [0.717, 1.165) is 0 Å². The van der Waals surface area contributed by atoms with Crippen LogP contribution >= 0.6 is 11.3 Å². The van der Waals surface area contributed by atoms with Crippen molar-refractivity contribution in [2.45, 2.75) is 24.0 Å². The number of aromatic nitrogens is 1. The van der Waals surface area contributed by atoms with Crippen molar-refractivity contribution in [3.63, 3.8) is 0 Å². The number of hydrogen-bond acceptors (Lipinski definition) is 10. The minimum Gasteiger partial charge on any atom is -0.508 e. The van der Waals surface area contributed by atoms with Gasteiger partial charge in [-0.15, -0.1) is 11.3 Å². The summed E-state index contributed by atoms with van der Waals surface area (Å²) in [6, 6.07) is 3.56. The molecule has 5 atom stereocenters. The average Bonchev–Trinajstić information content (AvgIpc) is 3.30. The van der Waals surface area contributed by atoms with E-state index in [1.165, 1.54) is 22.3 Å². The minimum atomic E-state index is -2.68. The van der Waals surface area contributed by atoms with Crippen LogP contribution in [0.1, 0.15) is 28.5 Å². The summed E-state index contributed by atoms with van der Waals surface area (Å²) in [6.45, 7) is 0. The lowest BCUT2D eigenvalue weighted by Gasteiger charge is -2.51. The van der Waals surface area contributed by atoms with Crippen LogP contribution in [0.15, 0.2) is 46.7 Å². The molecule has 10 nitrogen and oxygen atoms in total. The van der Waals surface area contributed by atoms with Crippen LogP contribution in [0.2, 0.25) is 0 Å². The Bertz CT molecular complexity index is 1350. The van der Waals surface area contributed by atoms with Gasteiger partial charge in [0.1, 0.15) is 27.8 Å². The van der Waals surface area contributed by atoms with Crippen molar-refractivity contribution in [2.24, 2.45) is 17.6 Å². The second kappa shape index (κ2) is 7.74. The highest BCUT2D eigenvalue weighted by atomic mass is 32.1. The second-order valence-electron chi connectivity index (χ2n) is 9.26. The predicted octanol–water partition coefficient (Wildman–Crippen LogP) is 1.01.